The molecule has 1 N–H and O–H groups in total. The lowest BCUT2D eigenvalue weighted by Gasteiger charge is -2.11. The van der Waals surface area contributed by atoms with E-state index in [1.54, 1.807) is 18.2 Å². The largest absolute Gasteiger partial charge is 0.454 e. The van der Waals surface area contributed by atoms with E-state index in [4.69, 9.17) is 39.5 Å². The minimum atomic E-state index is 0.495. The van der Waals surface area contributed by atoms with Crippen molar-refractivity contribution in [3.63, 3.8) is 0 Å². The number of nitrogens with one attached hydrogen (secondary N) is 1. The van der Waals surface area contributed by atoms with Crippen LogP contribution in [0.5, 0.6) is 11.5 Å². The van der Waals surface area contributed by atoms with Crippen molar-refractivity contribution in [2.75, 3.05) is 0 Å². The van der Waals surface area contributed by atoms with Crippen molar-refractivity contribution in [2.45, 2.75) is 25.4 Å². The summed E-state index contributed by atoms with van der Waals surface area (Å²) in [5, 5.41) is 5.07. The maximum atomic E-state index is 6.27. The molecule has 2 aromatic rings. The summed E-state index contributed by atoms with van der Waals surface area (Å²) in [6.45, 7) is 0.822. The van der Waals surface area contributed by atoms with Gasteiger partial charge in [-0.2, -0.15) is 0 Å². The molecule has 0 bridgehead atoms. The van der Waals surface area contributed by atoms with Crippen LogP contribution in [-0.2, 0) is 6.54 Å². The highest BCUT2D eigenvalue weighted by atomic mass is 35.5. The molecule has 2 nitrogen and oxygen atoms in total. The molecule has 21 heavy (non-hydrogen) atoms. The first-order valence-corrected chi connectivity index (χ1v) is 7.90. The first kappa shape index (κ1) is 15.0. The van der Waals surface area contributed by atoms with Crippen molar-refractivity contribution in [2.24, 2.45) is 0 Å². The van der Waals surface area contributed by atoms with Crippen LogP contribution in [-0.4, -0.2) is 6.04 Å². The minimum absolute atomic E-state index is 0.495. The number of hydrogen-bond acceptors (Lipinski definition) is 2. The standard InChI is InChI=1S/C16H14Cl3NO/c17-11-2-5-13(18)16(8-11)21-15-6-1-10(7-14(15)19)9-20-12-3-4-12/h1-2,5-8,12,20H,3-4,9H2. The third-order valence-corrected chi connectivity index (χ3v) is 4.12. The summed E-state index contributed by atoms with van der Waals surface area (Å²) in [5.41, 5.74) is 1.14. The van der Waals surface area contributed by atoms with Gasteiger partial charge in [0, 0.05) is 23.7 Å². The normalized spacial score (nSPS) is 14.2. The Balaban J connectivity index is 1.74. The summed E-state index contributed by atoms with van der Waals surface area (Å²) in [7, 11) is 0. The second-order valence-corrected chi connectivity index (χ2v) is 6.35. The maximum absolute atomic E-state index is 6.27. The molecule has 5 heteroatoms. The SMILES string of the molecule is Clc1ccc(Cl)c(Oc2ccc(CNC3CC3)cc2Cl)c1. The highest BCUT2D eigenvalue weighted by molar-refractivity contribution is 6.34. The van der Waals surface area contributed by atoms with Crippen LogP contribution >= 0.6 is 34.8 Å². The van der Waals surface area contributed by atoms with Gasteiger partial charge in [-0.1, -0.05) is 40.9 Å². The molecule has 1 aliphatic carbocycles. The van der Waals surface area contributed by atoms with Gasteiger partial charge in [0.15, 0.2) is 0 Å². The molecule has 0 amide bonds. The van der Waals surface area contributed by atoms with Gasteiger partial charge in [-0.25, -0.2) is 0 Å². The lowest BCUT2D eigenvalue weighted by molar-refractivity contribution is 0.483. The van der Waals surface area contributed by atoms with Gasteiger partial charge in [-0.15, -0.1) is 0 Å². The summed E-state index contributed by atoms with van der Waals surface area (Å²) in [5.74, 6) is 1.06. The second kappa shape index (κ2) is 6.45. The van der Waals surface area contributed by atoms with Gasteiger partial charge >= 0.3 is 0 Å². The predicted molar refractivity (Wildman–Crippen MR) is 87.8 cm³/mol. The monoisotopic (exact) mass is 341 g/mol. The van der Waals surface area contributed by atoms with E-state index in [1.807, 2.05) is 18.2 Å². The fraction of sp³-hybridized carbons (Fsp3) is 0.250. The first-order valence-electron chi connectivity index (χ1n) is 6.76. The zero-order valence-corrected chi connectivity index (χ0v) is 13.5. The zero-order chi connectivity index (χ0) is 14.8. The Morgan fingerprint density at radius 1 is 0.952 bits per heavy atom. The molecular formula is C16H14Cl3NO. The Labute approximate surface area is 139 Å². The van der Waals surface area contributed by atoms with Crippen LogP contribution in [0.2, 0.25) is 15.1 Å². The molecule has 0 radical (unpaired) electrons. The molecule has 1 fully saturated rings. The van der Waals surface area contributed by atoms with E-state index >= 15 is 0 Å². The lowest BCUT2D eigenvalue weighted by atomic mass is 10.2. The summed E-state index contributed by atoms with van der Waals surface area (Å²) >= 11 is 18.3. The second-order valence-electron chi connectivity index (χ2n) is 5.10. The molecule has 1 aliphatic rings. The minimum Gasteiger partial charge on any atom is -0.454 e. The van der Waals surface area contributed by atoms with Crippen LogP contribution in [0, 0.1) is 0 Å². The molecule has 0 saturated heterocycles. The average molecular weight is 343 g/mol. The summed E-state index contributed by atoms with van der Waals surface area (Å²) in [6, 6.07) is 11.5. The van der Waals surface area contributed by atoms with E-state index in [2.05, 4.69) is 5.32 Å². The molecule has 0 atom stereocenters. The topological polar surface area (TPSA) is 21.3 Å². The Kier molecular flexibility index (Phi) is 4.60. The zero-order valence-electron chi connectivity index (χ0n) is 11.2. The third kappa shape index (κ3) is 4.04. The van der Waals surface area contributed by atoms with E-state index in [0.29, 0.717) is 32.6 Å². The fourth-order valence-corrected chi connectivity index (χ4v) is 2.52. The van der Waals surface area contributed by atoms with Gasteiger partial charge < -0.3 is 10.1 Å². The van der Waals surface area contributed by atoms with Crippen LogP contribution in [0.15, 0.2) is 36.4 Å². The van der Waals surface area contributed by atoms with Crippen molar-refractivity contribution in [1.82, 2.24) is 5.32 Å². The van der Waals surface area contributed by atoms with E-state index < -0.39 is 0 Å². The summed E-state index contributed by atoms with van der Waals surface area (Å²) in [6.07, 6.45) is 2.53. The molecule has 0 aliphatic heterocycles. The molecule has 0 heterocycles. The molecule has 0 unspecified atom stereocenters. The molecule has 3 rings (SSSR count). The Hall–Kier alpha value is -0.930. The van der Waals surface area contributed by atoms with Crippen LogP contribution in [0.3, 0.4) is 0 Å². The van der Waals surface area contributed by atoms with Gasteiger partial charge in [-0.3, -0.25) is 0 Å². The van der Waals surface area contributed by atoms with Crippen LogP contribution < -0.4 is 10.1 Å². The van der Waals surface area contributed by atoms with E-state index in [-0.39, 0.29) is 0 Å². The van der Waals surface area contributed by atoms with Gasteiger partial charge in [0.1, 0.15) is 11.5 Å². The van der Waals surface area contributed by atoms with E-state index in [0.717, 1.165) is 12.1 Å². The van der Waals surface area contributed by atoms with Crippen molar-refractivity contribution >= 4 is 34.8 Å². The number of halogens is 3. The number of hydrogen-bond donors (Lipinski definition) is 1. The van der Waals surface area contributed by atoms with Gasteiger partial charge in [-0.05, 0) is 42.7 Å². The quantitative estimate of drug-likeness (QED) is 0.753. The predicted octanol–water partition coefficient (Wildman–Crippen LogP) is 5.69. The van der Waals surface area contributed by atoms with Crippen LogP contribution in [0.4, 0.5) is 0 Å². The van der Waals surface area contributed by atoms with Crippen molar-refractivity contribution in [3.05, 3.63) is 57.0 Å². The number of benzene rings is 2. The van der Waals surface area contributed by atoms with Crippen molar-refractivity contribution in [3.8, 4) is 11.5 Å². The van der Waals surface area contributed by atoms with Gasteiger partial charge in [0.05, 0.1) is 10.0 Å². The molecule has 0 aromatic heterocycles. The highest BCUT2D eigenvalue weighted by Gasteiger charge is 2.20. The van der Waals surface area contributed by atoms with Gasteiger partial charge in [0.25, 0.3) is 0 Å². The number of ether oxygens (including phenoxy) is 1. The van der Waals surface area contributed by atoms with E-state index in [9.17, 15) is 0 Å². The number of rotatable bonds is 5. The van der Waals surface area contributed by atoms with Crippen LogP contribution in [0.25, 0.3) is 0 Å². The Bertz CT molecular complexity index is 656. The summed E-state index contributed by atoms with van der Waals surface area (Å²) in [4.78, 5) is 0. The van der Waals surface area contributed by atoms with E-state index in [1.165, 1.54) is 12.8 Å². The molecule has 2 aromatic carbocycles. The molecular weight excluding hydrogens is 329 g/mol. The average Bonchev–Trinajstić information content (AvgIpc) is 3.27. The maximum Gasteiger partial charge on any atom is 0.147 e. The molecule has 110 valence electrons. The van der Waals surface area contributed by atoms with Crippen LogP contribution in [0.1, 0.15) is 18.4 Å². The summed E-state index contributed by atoms with van der Waals surface area (Å²) < 4.78 is 5.74. The fourth-order valence-electron chi connectivity index (χ4n) is 1.96. The highest BCUT2D eigenvalue weighted by Crippen LogP contribution is 2.35. The molecule has 0 spiro atoms. The smallest absolute Gasteiger partial charge is 0.147 e. The Morgan fingerprint density at radius 2 is 1.76 bits per heavy atom. The third-order valence-electron chi connectivity index (χ3n) is 3.28. The van der Waals surface area contributed by atoms with Gasteiger partial charge in [0.2, 0.25) is 0 Å². The molecule has 1 saturated carbocycles. The van der Waals surface area contributed by atoms with Crippen molar-refractivity contribution < 1.29 is 4.74 Å². The lowest BCUT2D eigenvalue weighted by Crippen LogP contribution is -2.15. The first-order chi connectivity index (χ1) is 10.1. The van der Waals surface area contributed by atoms with Crippen molar-refractivity contribution in [1.29, 1.82) is 0 Å². The Morgan fingerprint density at radius 3 is 2.48 bits per heavy atom.